The molecule has 102 valence electrons. The molecule has 0 bridgehead atoms. The molecular weight excluding hydrogens is 263 g/mol. The highest BCUT2D eigenvalue weighted by molar-refractivity contribution is 6.06. The number of hydrogen-bond acceptors (Lipinski definition) is 3. The van der Waals surface area contributed by atoms with Crippen LogP contribution in [0.1, 0.15) is 10.5 Å². The maximum absolute atomic E-state index is 12.8. The minimum absolute atomic E-state index is 0.0171. The average Bonchev–Trinajstić information content (AvgIpc) is 2.45. The van der Waals surface area contributed by atoms with Gasteiger partial charge in [-0.05, 0) is 24.3 Å². The smallest absolute Gasteiger partial charge is 0.323 e. The number of amides is 1. The first-order chi connectivity index (χ1) is 9.58. The molecule has 20 heavy (non-hydrogen) atoms. The molecule has 1 N–H and O–H groups in total. The number of rotatable bonds is 4. The number of benzene rings is 1. The molecule has 1 heterocycles. The Morgan fingerprint density at radius 1 is 1.15 bits per heavy atom. The zero-order chi connectivity index (χ0) is 14.5. The summed E-state index contributed by atoms with van der Waals surface area (Å²) in [6.07, 6.45) is 0.914. The normalized spacial score (nSPS) is 10.1. The first-order valence-electron chi connectivity index (χ1n) is 5.78. The summed E-state index contributed by atoms with van der Waals surface area (Å²) in [6, 6.07) is 10.7. The quantitative estimate of drug-likeness (QED) is 0.925. The number of carboxylic acids is 1. The summed E-state index contributed by atoms with van der Waals surface area (Å²) in [5.74, 6) is -2.31. The van der Waals surface area contributed by atoms with Crippen molar-refractivity contribution < 1.29 is 19.1 Å². The Balaban J connectivity index is 2.34. The van der Waals surface area contributed by atoms with E-state index in [0.29, 0.717) is 5.69 Å². The van der Waals surface area contributed by atoms with Gasteiger partial charge >= 0.3 is 5.97 Å². The van der Waals surface area contributed by atoms with Crippen LogP contribution in [0.3, 0.4) is 0 Å². The van der Waals surface area contributed by atoms with E-state index in [2.05, 4.69) is 4.98 Å². The predicted molar refractivity (Wildman–Crippen MR) is 69.9 cm³/mol. The summed E-state index contributed by atoms with van der Waals surface area (Å²) in [4.78, 5) is 27.9. The fourth-order valence-electron chi connectivity index (χ4n) is 1.66. The number of carbonyl (C=O) groups is 2. The molecule has 0 aliphatic carbocycles. The highest BCUT2D eigenvalue weighted by atomic mass is 19.1. The number of aliphatic carboxylic acids is 1. The summed E-state index contributed by atoms with van der Waals surface area (Å²) >= 11 is 0. The summed E-state index contributed by atoms with van der Waals surface area (Å²) in [7, 11) is 0. The van der Waals surface area contributed by atoms with Gasteiger partial charge in [0.25, 0.3) is 5.91 Å². The van der Waals surface area contributed by atoms with Gasteiger partial charge in [0, 0.05) is 5.69 Å². The number of nitrogens with zero attached hydrogens (tertiary/aromatic N) is 2. The summed E-state index contributed by atoms with van der Waals surface area (Å²) < 4.78 is 12.8. The minimum atomic E-state index is -1.15. The summed E-state index contributed by atoms with van der Waals surface area (Å²) in [5, 5.41) is 8.91. The number of halogens is 1. The van der Waals surface area contributed by atoms with Crippen molar-refractivity contribution in [1.82, 2.24) is 4.98 Å². The zero-order valence-electron chi connectivity index (χ0n) is 10.4. The van der Waals surface area contributed by atoms with Gasteiger partial charge in [-0.3, -0.25) is 14.5 Å². The second-order valence-corrected chi connectivity index (χ2v) is 3.98. The first-order valence-corrected chi connectivity index (χ1v) is 5.78. The van der Waals surface area contributed by atoms with Crippen LogP contribution in [-0.2, 0) is 4.79 Å². The third kappa shape index (κ3) is 3.17. The molecule has 0 atom stereocenters. The molecule has 0 radical (unpaired) electrons. The third-order valence-electron chi connectivity index (χ3n) is 2.55. The topological polar surface area (TPSA) is 70.5 Å². The number of aromatic nitrogens is 1. The molecule has 1 aromatic carbocycles. The van der Waals surface area contributed by atoms with Gasteiger partial charge in [-0.15, -0.1) is 0 Å². The van der Waals surface area contributed by atoms with Crippen LogP contribution >= 0.6 is 0 Å². The van der Waals surface area contributed by atoms with Crippen molar-refractivity contribution in [2.45, 2.75) is 0 Å². The van der Waals surface area contributed by atoms with E-state index in [4.69, 9.17) is 5.11 Å². The monoisotopic (exact) mass is 274 g/mol. The number of pyridine rings is 1. The Kier molecular flexibility index (Phi) is 4.05. The minimum Gasteiger partial charge on any atom is -0.480 e. The second kappa shape index (κ2) is 5.92. The molecule has 0 aliphatic heterocycles. The number of carboxylic acid groups (broad SMARTS) is 1. The molecule has 6 heteroatoms. The van der Waals surface area contributed by atoms with Gasteiger partial charge in [0.1, 0.15) is 18.1 Å². The maximum atomic E-state index is 12.8. The molecular formula is C14H11FN2O3. The fourth-order valence-corrected chi connectivity index (χ4v) is 1.66. The van der Waals surface area contributed by atoms with Gasteiger partial charge in [0.15, 0.2) is 0 Å². The third-order valence-corrected chi connectivity index (χ3v) is 2.55. The highest BCUT2D eigenvalue weighted by Crippen LogP contribution is 2.16. The molecule has 0 spiro atoms. The maximum Gasteiger partial charge on any atom is 0.323 e. The molecule has 0 saturated carbocycles. The van der Waals surface area contributed by atoms with Crippen LogP contribution in [0.5, 0.6) is 0 Å². The van der Waals surface area contributed by atoms with Gasteiger partial charge < -0.3 is 5.11 Å². The van der Waals surface area contributed by atoms with E-state index >= 15 is 0 Å². The molecule has 0 aliphatic rings. The predicted octanol–water partition coefficient (Wildman–Crippen LogP) is 1.95. The van der Waals surface area contributed by atoms with E-state index in [9.17, 15) is 14.0 Å². The lowest BCUT2D eigenvalue weighted by Crippen LogP contribution is -2.36. The van der Waals surface area contributed by atoms with Crippen molar-refractivity contribution in [2.24, 2.45) is 0 Å². The molecule has 0 unspecified atom stereocenters. The van der Waals surface area contributed by atoms with Crippen LogP contribution in [0.25, 0.3) is 0 Å². The fraction of sp³-hybridized carbons (Fsp3) is 0.0714. The SMILES string of the molecule is O=C(O)CN(C(=O)c1ccc(F)cn1)c1ccccc1. The standard InChI is InChI=1S/C14H11FN2O3/c15-10-6-7-12(16-8-10)14(20)17(9-13(18)19)11-4-2-1-3-5-11/h1-8H,9H2,(H,18,19). The van der Waals surface area contributed by atoms with Gasteiger partial charge in [-0.25, -0.2) is 9.37 Å². The average molecular weight is 274 g/mol. The van der Waals surface area contributed by atoms with E-state index in [0.717, 1.165) is 17.2 Å². The Morgan fingerprint density at radius 2 is 1.85 bits per heavy atom. The van der Waals surface area contributed by atoms with Crippen LogP contribution in [0, 0.1) is 5.82 Å². The Bertz CT molecular complexity index is 614. The molecule has 2 aromatic rings. The van der Waals surface area contributed by atoms with E-state index in [1.54, 1.807) is 30.3 Å². The van der Waals surface area contributed by atoms with E-state index in [-0.39, 0.29) is 5.69 Å². The van der Waals surface area contributed by atoms with Gasteiger partial charge in [-0.1, -0.05) is 18.2 Å². The second-order valence-electron chi connectivity index (χ2n) is 3.98. The van der Waals surface area contributed by atoms with Crippen molar-refractivity contribution in [1.29, 1.82) is 0 Å². The first kappa shape index (κ1) is 13.7. The molecule has 0 fully saturated rings. The molecule has 0 saturated heterocycles. The van der Waals surface area contributed by atoms with Crippen LogP contribution < -0.4 is 4.90 Å². The summed E-state index contributed by atoms with van der Waals surface area (Å²) in [5.41, 5.74) is 0.419. The van der Waals surface area contributed by atoms with Gasteiger partial charge in [-0.2, -0.15) is 0 Å². The number of carbonyl (C=O) groups excluding carboxylic acids is 1. The Morgan fingerprint density at radius 3 is 2.40 bits per heavy atom. The van der Waals surface area contributed by atoms with Crippen LogP contribution in [0.15, 0.2) is 48.7 Å². The number of hydrogen-bond donors (Lipinski definition) is 1. The molecule has 2 rings (SSSR count). The zero-order valence-corrected chi connectivity index (χ0v) is 10.4. The van der Waals surface area contributed by atoms with Crippen molar-refractivity contribution in [3.8, 4) is 0 Å². The lowest BCUT2D eigenvalue weighted by molar-refractivity contribution is -0.135. The molecule has 1 amide bonds. The lowest BCUT2D eigenvalue weighted by Gasteiger charge is -2.20. The number of para-hydroxylation sites is 1. The van der Waals surface area contributed by atoms with E-state index in [1.165, 1.54) is 6.07 Å². The highest BCUT2D eigenvalue weighted by Gasteiger charge is 2.21. The van der Waals surface area contributed by atoms with Gasteiger partial charge in [0.05, 0.1) is 6.20 Å². The van der Waals surface area contributed by atoms with Gasteiger partial charge in [0.2, 0.25) is 0 Å². The largest absolute Gasteiger partial charge is 0.480 e. The van der Waals surface area contributed by atoms with Crippen LogP contribution in [-0.4, -0.2) is 28.5 Å². The van der Waals surface area contributed by atoms with Crippen molar-refractivity contribution in [2.75, 3.05) is 11.4 Å². The summed E-state index contributed by atoms with van der Waals surface area (Å²) in [6.45, 7) is -0.498. The molecule has 1 aromatic heterocycles. The van der Waals surface area contributed by atoms with E-state index < -0.39 is 24.2 Å². The van der Waals surface area contributed by atoms with Crippen molar-refractivity contribution >= 4 is 17.6 Å². The van der Waals surface area contributed by atoms with Crippen LogP contribution in [0.2, 0.25) is 0 Å². The Hall–Kier alpha value is -2.76. The lowest BCUT2D eigenvalue weighted by atomic mass is 10.2. The van der Waals surface area contributed by atoms with Crippen molar-refractivity contribution in [3.05, 3.63) is 60.2 Å². The Labute approximate surface area is 114 Å². The van der Waals surface area contributed by atoms with E-state index in [1.807, 2.05) is 0 Å². The van der Waals surface area contributed by atoms with Crippen LogP contribution in [0.4, 0.5) is 10.1 Å². The molecule has 5 nitrogen and oxygen atoms in total. The number of anilines is 1. The van der Waals surface area contributed by atoms with Crippen molar-refractivity contribution in [3.63, 3.8) is 0 Å².